The summed E-state index contributed by atoms with van der Waals surface area (Å²) in [5.74, 6) is 0.472. The second-order valence-corrected chi connectivity index (χ2v) is 4.77. The first-order chi connectivity index (χ1) is 9.60. The highest BCUT2D eigenvalue weighted by Crippen LogP contribution is 2.07. The van der Waals surface area contributed by atoms with Gasteiger partial charge in [-0.2, -0.15) is 5.10 Å². The normalized spacial score (nSPS) is 10.8. The standard InChI is InChI=1S/C14H20N4O2/c1-10-6-11(2)18(17-10)5-3-4-16-14(19)12-7-13(8-15)20-9-12/h6-7,9H,3-5,8,15H2,1-2H3,(H,16,19). The molecule has 0 aliphatic carbocycles. The molecule has 2 heterocycles. The van der Waals surface area contributed by atoms with Crippen LogP contribution in [0, 0.1) is 13.8 Å². The summed E-state index contributed by atoms with van der Waals surface area (Å²) in [6.45, 7) is 5.68. The van der Waals surface area contributed by atoms with Gasteiger partial charge in [-0.3, -0.25) is 9.48 Å². The third-order valence-electron chi connectivity index (χ3n) is 3.05. The Morgan fingerprint density at radius 3 is 2.85 bits per heavy atom. The zero-order valence-corrected chi connectivity index (χ0v) is 11.8. The monoisotopic (exact) mass is 276 g/mol. The first-order valence-electron chi connectivity index (χ1n) is 6.67. The maximum Gasteiger partial charge on any atom is 0.254 e. The Bertz CT molecular complexity index is 586. The van der Waals surface area contributed by atoms with E-state index in [1.807, 2.05) is 24.6 Å². The molecule has 0 saturated carbocycles. The molecule has 2 aromatic rings. The summed E-state index contributed by atoms with van der Waals surface area (Å²) in [5.41, 5.74) is 8.09. The number of nitrogens with one attached hydrogen (secondary N) is 1. The van der Waals surface area contributed by atoms with Crippen molar-refractivity contribution in [3.05, 3.63) is 41.1 Å². The second-order valence-electron chi connectivity index (χ2n) is 4.77. The Morgan fingerprint density at radius 1 is 1.45 bits per heavy atom. The van der Waals surface area contributed by atoms with Crippen LogP contribution in [0.15, 0.2) is 22.8 Å². The molecule has 0 bridgehead atoms. The number of carbonyl (C=O) groups excluding carboxylic acids is 1. The van der Waals surface area contributed by atoms with Crippen molar-refractivity contribution in [3.8, 4) is 0 Å². The van der Waals surface area contributed by atoms with E-state index < -0.39 is 0 Å². The van der Waals surface area contributed by atoms with E-state index in [0.717, 1.165) is 24.4 Å². The van der Waals surface area contributed by atoms with Crippen LogP contribution in [0.25, 0.3) is 0 Å². The molecule has 0 spiro atoms. The number of aromatic nitrogens is 2. The van der Waals surface area contributed by atoms with Crippen LogP contribution >= 0.6 is 0 Å². The molecule has 108 valence electrons. The van der Waals surface area contributed by atoms with Crippen molar-refractivity contribution < 1.29 is 9.21 Å². The largest absolute Gasteiger partial charge is 0.467 e. The highest BCUT2D eigenvalue weighted by Gasteiger charge is 2.09. The third-order valence-corrected chi connectivity index (χ3v) is 3.05. The van der Waals surface area contributed by atoms with Gasteiger partial charge in [0.1, 0.15) is 12.0 Å². The fraction of sp³-hybridized carbons (Fsp3) is 0.429. The van der Waals surface area contributed by atoms with Gasteiger partial charge in [0.25, 0.3) is 5.91 Å². The Morgan fingerprint density at radius 2 is 2.25 bits per heavy atom. The van der Waals surface area contributed by atoms with E-state index in [0.29, 0.717) is 24.4 Å². The average molecular weight is 276 g/mol. The van der Waals surface area contributed by atoms with Crippen LogP contribution in [0.2, 0.25) is 0 Å². The van der Waals surface area contributed by atoms with Crippen molar-refractivity contribution in [3.63, 3.8) is 0 Å². The van der Waals surface area contributed by atoms with Gasteiger partial charge in [0.15, 0.2) is 0 Å². The van der Waals surface area contributed by atoms with Crippen LogP contribution in [-0.4, -0.2) is 22.2 Å². The van der Waals surface area contributed by atoms with Crippen molar-refractivity contribution in [1.29, 1.82) is 0 Å². The summed E-state index contributed by atoms with van der Waals surface area (Å²) in [5, 5.41) is 7.23. The second kappa shape index (κ2) is 6.38. The fourth-order valence-corrected chi connectivity index (χ4v) is 2.04. The van der Waals surface area contributed by atoms with Crippen LogP contribution in [0.4, 0.5) is 0 Å². The number of rotatable bonds is 6. The lowest BCUT2D eigenvalue weighted by Crippen LogP contribution is -2.25. The number of aryl methyl sites for hydroxylation is 3. The molecule has 2 rings (SSSR count). The van der Waals surface area contributed by atoms with E-state index in [9.17, 15) is 4.79 Å². The summed E-state index contributed by atoms with van der Waals surface area (Å²) in [6, 6.07) is 3.70. The molecule has 0 fully saturated rings. The lowest BCUT2D eigenvalue weighted by Gasteiger charge is -2.05. The zero-order chi connectivity index (χ0) is 14.5. The molecule has 6 heteroatoms. The van der Waals surface area contributed by atoms with Gasteiger partial charge in [-0.25, -0.2) is 0 Å². The first-order valence-corrected chi connectivity index (χ1v) is 6.67. The van der Waals surface area contributed by atoms with Crippen molar-refractivity contribution in [2.75, 3.05) is 6.54 Å². The highest BCUT2D eigenvalue weighted by molar-refractivity contribution is 5.93. The summed E-state index contributed by atoms with van der Waals surface area (Å²) in [6.07, 6.45) is 2.26. The maximum atomic E-state index is 11.8. The molecule has 1 amide bonds. The van der Waals surface area contributed by atoms with Gasteiger partial charge >= 0.3 is 0 Å². The van der Waals surface area contributed by atoms with Gasteiger partial charge < -0.3 is 15.5 Å². The van der Waals surface area contributed by atoms with Gasteiger partial charge in [-0.05, 0) is 32.4 Å². The SMILES string of the molecule is Cc1cc(C)n(CCCNC(=O)c2coc(CN)c2)n1. The fourth-order valence-electron chi connectivity index (χ4n) is 2.04. The van der Waals surface area contributed by atoms with E-state index in [1.54, 1.807) is 6.07 Å². The molecule has 6 nitrogen and oxygen atoms in total. The first kappa shape index (κ1) is 14.3. The third kappa shape index (κ3) is 3.48. The quantitative estimate of drug-likeness (QED) is 0.780. The lowest BCUT2D eigenvalue weighted by atomic mass is 10.3. The molecule has 0 atom stereocenters. The molecule has 0 radical (unpaired) electrons. The van der Waals surface area contributed by atoms with Gasteiger partial charge in [0.2, 0.25) is 0 Å². The van der Waals surface area contributed by atoms with Gasteiger partial charge in [-0.1, -0.05) is 0 Å². The summed E-state index contributed by atoms with van der Waals surface area (Å²) >= 11 is 0. The predicted molar refractivity (Wildman–Crippen MR) is 75.3 cm³/mol. The Balaban J connectivity index is 1.75. The molecule has 20 heavy (non-hydrogen) atoms. The number of carbonyl (C=O) groups is 1. The van der Waals surface area contributed by atoms with Crippen molar-refractivity contribution in [2.45, 2.75) is 33.4 Å². The molecule has 3 N–H and O–H groups in total. The number of hydrogen-bond acceptors (Lipinski definition) is 4. The lowest BCUT2D eigenvalue weighted by molar-refractivity contribution is 0.0952. The molecule has 0 aliphatic heterocycles. The Kier molecular flexibility index (Phi) is 4.57. The minimum atomic E-state index is -0.137. The number of nitrogens with two attached hydrogens (primary N) is 1. The van der Waals surface area contributed by atoms with Gasteiger partial charge in [0, 0.05) is 18.8 Å². The topological polar surface area (TPSA) is 86.1 Å². The molecule has 0 saturated heterocycles. The van der Waals surface area contributed by atoms with E-state index in [-0.39, 0.29) is 5.91 Å². The number of hydrogen-bond donors (Lipinski definition) is 2. The molecule has 2 aromatic heterocycles. The number of furan rings is 1. The molecule has 0 aromatic carbocycles. The van der Waals surface area contributed by atoms with Crippen LogP contribution in [-0.2, 0) is 13.1 Å². The number of amides is 1. The van der Waals surface area contributed by atoms with Crippen LogP contribution in [0.5, 0.6) is 0 Å². The Hall–Kier alpha value is -2.08. The molecular weight excluding hydrogens is 256 g/mol. The van der Waals surface area contributed by atoms with Crippen molar-refractivity contribution >= 4 is 5.91 Å². The highest BCUT2D eigenvalue weighted by atomic mass is 16.3. The van der Waals surface area contributed by atoms with E-state index in [4.69, 9.17) is 10.2 Å². The smallest absolute Gasteiger partial charge is 0.254 e. The van der Waals surface area contributed by atoms with Gasteiger partial charge in [-0.15, -0.1) is 0 Å². The van der Waals surface area contributed by atoms with Crippen molar-refractivity contribution in [2.24, 2.45) is 5.73 Å². The predicted octanol–water partition coefficient (Wildman–Crippen LogP) is 1.37. The van der Waals surface area contributed by atoms with Crippen molar-refractivity contribution in [1.82, 2.24) is 15.1 Å². The summed E-state index contributed by atoms with van der Waals surface area (Å²) < 4.78 is 7.08. The van der Waals surface area contributed by atoms with Gasteiger partial charge in [0.05, 0.1) is 17.8 Å². The average Bonchev–Trinajstić information content (AvgIpc) is 3.01. The minimum absolute atomic E-state index is 0.137. The van der Waals surface area contributed by atoms with E-state index in [2.05, 4.69) is 10.4 Å². The minimum Gasteiger partial charge on any atom is -0.467 e. The Labute approximate surface area is 117 Å². The number of nitrogens with zero attached hydrogens (tertiary/aromatic N) is 2. The molecule has 0 aliphatic rings. The van der Waals surface area contributed by atoms with Crippen LogP contribution < -0.4 is 11.1 Å². The molecule has 0 unspecified atom stereocenters. The van der Waals surface area contributed by atoms with E-state index in [1.165, 1.54) is 6.26 Å². The van der Waals surface area contributed by atoms with Crippen LogP contribution in [0.1, 0.15) is 33.9 Å². The maximum absolute atomic E-state index is 11.8. The van der Waals surface area contributed by atoms with Crippen LogP contribution in [0.3, 0.4) is 0 Å². The molecular formula is C14H20N4O2. The zero-order valence-electron chi connectivity index (χ0n) is 11.8. The summed E-state index contributed by atoms with van der Waals surface area (Å²) in [4.78, 5) is 11.8. The summed E-state index contributed by atoms with van der Waals surface area (Å²) in [7, 11) is 0. The van der Waals surface area contributed by atoms with E-state index >= 15 is 0 Å².